The Hall–Kier alpha value is -2.41. The van der Waals surface area contributed by atoms with Crippen LogP contribution in [0.15, 0.2) is 46.9 Å². The molecule has 2 aromatic rings. The number of benzene rings is 2. The maximum atomic E-state index is 13.6. The monoisotopic (exact) mass is 409 g/mol. The first kappa shape index (κ1) is 18.9. The average Bonchev–Trinajstić information content (AvgIpc) is 2.55. The Kier molecular flexibility index (Phi) is 6.52. The van der Waals surface area contributed by atoms with Gasteiger partial charge in [-0.3, -0.25) is 4.79 Å². The third-order valence-corrected chi connectivity index (χ3v) is 3.49. The molecule has 1 N–H and O–H groups in total. The van der Waals surface area contributed by atoms with Gasteiger partial charge >= 0.3 is 5.97 Å². The second-order valence-electron chi connectivity index (χ2n) is 5.44. The standard InChI is InChI=1S/C18H17BrFNO4/c1-11(2)25-14-6-3-12(4-7-14)18(23)24-10-17(22)21-16-8-5-13(19)9-15(16)20/h3-9,11H,10H2,1-2H3,(H,21,22). The number of carbonyl (C=O) groups is 2. The zero-order valence-electron chi connectivity index (χ0n) is 13.7. The summed E-state index contributed by atoms with van der Waals surface area (Å²) in [6.07, 6.45) is 0.0282. The van der Waals surface area contributed by atoms with E-state index in [1.54, 1.807) is 30.3 Å². The van der Waals surface area contributed by atoms with Crippen molar-refractivity contribution in [1.29, 1.82) is 0 Å². The fraction of sp³-hybridized carbons (Fsp3) is 0.222. The summed E-state index contributed by atoms with van der Waals surface area (Å²) in [6, 6.07) is 10.6. The minimum atomic E-state index is -0.650. The lowest BCUT2D eigenvalue weighted by molar-refractivity contribution is -0.119. The van der Waals surface area contributed by atoms with Gasteiger partial charge in [-0.25, -0.2) is 9.18 Å². The van der Waals surface area contributed by atoms with E-state index < -0.39 is 24.3 Å². The normalized spacial score (nSPS) is 10.4. The summed E-state index contributed by atoms with van der Waals surface area (Å²) in [6.45, 7) is 3.28. The van der Waals surface area contributed by atoms with Crippen LogP contribution in [0.2, 0.25) is 0 Å². The molecule has 0 aliphatic carbocycles. The average molecular weight is 410 g/mol. The molecule has 0 heterocycles. The van der Waals surface area contributed by atoms with Gasteiger partial charge in [0.15, 0.2) is 6.61 Å². The van der Waals surface area contributed by atoms with E-state index in [0.717, 1.165) is 0 Å². The maximum absolute atomic E-state index is 13.6. The highest BCUT2D eigenvalue weighted by Gasteiger charge is 2.12. The highest BCUT2D eigenvalue weighted by molar-refractivity contribution is 9.10. The van der Waals surface area contributed by atoms with Crippen LogP contribution in [0.3, 0.4) is 0 Å². The van der Waals surface area contributed by atoms with Gasteiger partial charge < -0.3 is 14.8 Å². The van der Waals surface area contributed by atoms with E-state index in [4.69, 9.17) is 9.47 Å². The van der Waals surface area contributed by atoms with Crippen LogP contribution in [0.1, 0.15) is 24.2 Å². The van der Waals surface area contributed by atoms with E-state index in [1.807, 2.05) is 13.8 Å². The molecule has 0 bridgehead atoms. The highest BCUT2D eigenvalue weighted by Crippen LogP contribution is 2.19. The van der Waals surface area contributed by atoms with Crippen molar-refractivity contribution in [3.05, 3.63) is 58.3 Å². The molecule has 132 valence electrons. The largest absolute Gasteiger partial charge is 0.491 e. The molecule has 0 atom stereocenters. The molecule has 5 nitrogen and oxygen atoms in total. The van der Waals surface area contributed by atoms with Crippen LogP contribution in [0.4, 0.5) is 10.1 Å². The summed E-state index contributed by atoms with van der Waals surface area (Å²) in [5.74, 6) is -1.23. The summed E-state index contributed by atoms with van der Waals surface area (Å²) in [4.78, 5) is 23.7. The van der Waals surface area contributed by atoms with Crippen LogP contribution in [0, 0.1) is 5.82 Å². The number of hydrogen-bond acceptors (Lipinski definition) is 4. The zero-order chi connectivity index (χ0) is 18.4. The molecule has 0 aliphatic heterocycles. The topological polar surface area (TPSA) is 64.6 Å². The fourth-order valence-electron chi connectivity index (χ4n) is 1.93. The van der Waals surface area contributed by atoms with E-state index in [0.29, 0.717) is 15.8 Å². The van der Waals surface area contributed by atoms with Gasteiger partial charge in [0, 0.05) is 4.47 Å². The fourth-order valence-corrected chi connectivity index (χ4v) is 2.27. The molecule has 0 saturated heterocycles. The Morgan fingerprint density at radius 3 is 2.44 bits per heavy atom. The van der Waals surface area contributed by atoms with Crippen molar-refractivity contribution >= 4 is 33.5 Å². The smallest absolute Gasteiger partial charge is 0.338 e. The van der Waals surface area contributed by atoms with Gasteiger partial charge in [0.2, 0.25) is 0 Å². The lowest BCUT2D eigenvalue weighted by Gasteiger charge is -2.10. The summed E-state index contributed by atoms with van der Waals surface area (Å²) < 4.78 is 24.6. The number of ether oxygens (including phenoxy) is 2. The molecular formula is C18H17BrFNO4. The van der Waals surface area contributed by atoms with Crippen LogP contribution in [0.25, 0.3) is 0 Å². The molecule has 0 aliphatic rings. The molecule has 0 unspecified atom stereocenters. The Morgan fingerprint density at radius 2 is 1.84 bits per heavy atom. The number of amides is 1. The molecule has 2 aromatic carbocycles. The van der Waals surface area contributed by atoms with Gasteiger partial charge in [-0.15, -0.1) is 0 Å². The Labute approximate surface area is 153 Å². The highest BCUT2D eigenvalue weighted by atomic mass is 79.9. The van der Waals surface area contributed by atoms with Crippen molar-refractivity contribution in [2.75, 3.05) is 11.9 Å². The molecule has 7 heteroatoms. The van der Waals surface area contributed by atoms with E-state index in [-0.39, 0.29) is 11.8 Å². The van der Waals surface area contributed by atoms with Gasteiger partial charge in [0.1, 0.15) is 11.6 Å². The van der Waals surface area contributed by atoms with E-state index in [9.17, 15) is 14.0 Å². The Morgan fingerprint density at radius 1 is 1.16 bits per heavy atom. The third-order valence-electron chi connectivity index (χ3n) is 3.00. The number of carbonyl (C=O) groups excluding carboxylic acids is 2. The number of anilines is 1. The molecular weight excluding hydrogens is 393 g/mol. The lowest BCUT2D eigenvalue weighted by atomic mass is 10.2. The van der Waals surface area contributed by atoms with Crippen molar-refractivity contribution in [2.45, 2.75) is 20.0 Å². The number of hydrogen-bond donors (Lipinski definition) is 1. The van der Waals surface area contributed by atoms with Crippen LogP contribution >= 0.6 is 15.9 Å². The van der Waals surface area contributed by atoms with Crippen LogP contribution in [-0.2, 0) is 9.53 Å². The molecule has 25 heavy (non-hydrogen) atoms. The van der Waals surface area contributed by atoms with Crippen molar-refractivity contribution in [1.82, 2.24) is 0 Å². The molecule has 0 radical (unpaired) electrons. The third kappa shape index (κ3) is 5.86. The molecule has 1 amide bonds. The van der Waals surface area contributed by atoms with Crippen molar-refractivity contribution in [3.63, 3.8) is 0 Å². The van der Waals surface area contributed by atoms with E-state index in [2.05, 4.69) is 21.2 Å². The molecule has 2 rings (SSSR count). The van der Waals surface area contributed by atoms with Gasteiger partial charge in [-0.1, -0.05) is 15.9 Å². The first-order valence-corrected chi connectivity index (χ1v) is 8.33. The number of nitrogens with one attached hydrogen (secondary N) is 1. The van der Waals surface area contributed by atoms with Gasteiger partial charge in [-0.05, 0) is 56.3 Å². The van der Waals surface area contributed by atoms with Gasteiger partial charge in [-0.2, -0.15) is 0 Å². The molecule has 0 aromatic heterocycles. The summed E-state index contributed by atoms with van der Waals surface area (Å²) >= 11 is 3.13. The van der Waals surface area contributed by atoms with Crippen molar-refractivity contribution in [2.24, 2.45) is 0 Å². The minimum absolute atomic E-state index is 0.0134. The SMILES string of the molecule is CC(C)Oc1ccc(C(=O)OCC(=O)Nc2ccc(Br)cc2F)cc1. The molecule has 0 saturated carbocycles. The predicted molar refractivity (Wildman–Crippen MR) is 95.2 cm³/mol. The Bertz CT molecular complexity index is 762. The number of halogens is 2. The predicted octanol–water partition coefficient (Wildman–Crippen LogP) is 4.17. The van der Waals surface area contributed by atoms with E-state index >= 15 is 0 Å². The zero-order valence-corrected chi connectivity index (χ0v) is 15.3. The van der Waals surface area contributed by atoms with Gasteiger partial charge in [0.25, 0.3) is 5.91 Å². The second-order valence-corrected chi connectivity index (χ2v) is 6.36. The lowest BCUT2D eigenvalue weighted by Crippen LogP contribution is -2.21. The summed E-state index contributed by atoms with van der Waals surface area (Å²) in [7, 11) is 0. The Balaban J connectivity index is 1.87. The van der Waals surface area contributed by atoms with Gasteiger partial charge in [0.05, 0.1) is 17.4 Å². The molecule has 0 spiro atoms. The number of rotatable bonds is 6. The van der Waals surface area contributed by atoms with Crippen LogP contribution < -0.4 is 10.1 Å². The van der Waals surface area contributed by atoms with Crippen LogP contribution in [-0.4, -0.2) is 24.6 Å². The van der Waals surface area contributed by atoms with Crippen molar-refractivity contribution in [3.8, 4) is 5.75 Å². The minimum Gasteiger partial charge on any atom is -0.491 e. The quantitative estimate of drug-likeness (QED) is 0.727. The molecule has 0 fully saturated rings. The summed E-state index contributed by atoms with van der Waals surface area (Å²) in [5.41, 5.74) is 0.304. The second kappa shape index (κ2) is 8.62. The maximum Gasteiger partial charge on any atom is 0.338 e. The number of esters is 1. The van der Waals surface area contributed by atoms with Crippen LogP contribution in [0.5, 0.6) is 5.75 Å². The first-order chi connectivity index (χ1) is 11.8. The first-order valence-electron chi connectivity index (χ1n) is 7.54. The van der Waals surface area contributed by atoms with E-state index in [1.165, 1.54) is 12.1 Å². The van der Waals surface area contributed by atoms with Crippen molar-refractivity contribution < 1.29 is 23.5 Å². The summed E-state index contributed by atoms with van der Waals surface area (Å²) in [5, 5.41) is 2.34.